The lowest BCUT2D eigenvalue weighted by molar-refractivity contribution is -0.141. The van der Waals surface area contributed by atoms with Crippen molar-refractivity contribution >= 4 is 23.0 Å². The Morgan fingerprint density at radius 2 is 2.04 bits per heavy atom. The van der Waals surface area contributed by atoms with Gasteiger partial charge in [0.25, 0.3) is 5.91 Å². The number of alkyl halides is 3. The molecule has 9 heteroatoms. The minimum Gasteiger partial charge on any atom is -0.382 e. The lowest BCUT2D eigenvalue weighted by Gasteiger charge is -2.15. The van der Waals surface area contributed by atoms with Crippen molar-refractivity contribution in [1.29, 1.82) is 0 Å². The fraction of sp³-hybridized carbons (Fsp3) is 0.250. The van der Waals surface area contributed by atoms with E-state index in [0.717, 1.165) is 25.4 Å². The summed E-state index contributed by atoms with van der Waals surface area (Å²) in [5.41, 5.74) is -0.813. The maximum absolute atomic E-state index is 13.0. The molecule has 0 bridgehead atoms. The van der Waals surface area contributed by atoms with E-state index in [-0.39, 0.29) is 6.04 Å². The van der Waals surface area contributed by atoms with Gasteiger partial charge in [-0.05, 0) is 25.0 Å². The minimum atomic E-state index is -4.77. The summed E-state index contributed by atoms with van der Waals surface area (Å²) in [5, 5.41) is 5.59. The second kappa shape index (κ2) is 6.39. The van der Waals surface area contributed by atoms with Crippen LogP contribution in [0, 0.1) is 6.57 Å². The molecule has 0 unspecified atom stereocenters. The Labute approximate surface area is 140 Å². The highest BCUT2D eigenvalue weighted by molar-refractivity contribution is 6.06. The monoisotopic (exact) mass is 347 g/mol. The first-order valence-electron chi connectivity index (χ1n) is 7.35. The molecule has 0 atom stereocenters. The van der Waals surface area contributed by atoms with Gasteiger partial charge < -0.3 is 10.6 Å². The number of amides is 1. The van der Waals surface area contributed by atoms with Gasteiger partial charge in [0.1, 0.15) is 6.33 Å². The molecule has 1 amide bonds. The molecule has 0 saturated heterocycles. The van der Waals surface area contributed by atoms with Crippen LogP contribution in [-0.2, 0) is 6.18 Å². The van der Waals surface area contributed by atoms with Crippen LogP contribution in [0.1, 0.15) is 28.9 Å². The SMILES string of the molecule is [C-]#[N+]c1ccc(NC(=O)c2cncnc2C(F)(F)F)c(NC2CC2)c1. The first-order chi connectivity index (χ1) is 11.9. The Morgan fingerprint density at radius 1 is 1.28 bits per heavy atom. The van der Waals surface area contributed by atoms with Gasteiger partial charge in [-0.2, -0.15) is 13.2 Å². The number of anilines is 2. The van der Waals surface area contributed by atoms with Crippen molar-refractivity contribution in [3.05, 3.63) is 53.4 Å². The van der Waals surface area contributed by atoms with E-state index >= 15 is 0 Å². The average Bonchev–Trinajstić information content (AvgIpc) is 3.39. The number of carbonyl (C=O) groups excluding carboxylic acids is 1. The molecule has 25 heavy (non-hydrogen) atoms. The molecule has 2 aromatic rings. The molecule has 1 aliphatic rings. The minimum absolute atomic E-state index is 0.238. The second-order valence-corrected chi connectivity index (χ2v) is 5.50. The molecule has 1 aliphatic carbocycles. The van der Waals surface area contributed by atoms with Crippen molar-refractivity contribution in [3.63, 3.8) is 0 Å². The van der Waals surface area contributed by atoms with Gasteiger partial charge in [0.2, 0.25) is 0 Å². The van der Waals surface area contributed by atoms with E-state index in [9.17, 15) is 18.0 Å². The van der Waals surface area contributed by atoms with E-state index in [4.69, 9.17) is 6.57 Å². The molecule has 0 radical (unpaired) electrons. The quantitative estimate of drug-likeness (QED) is 0.824. The molecule has 1 heterocycles. The zero-order valence-electron chi connectivity index (χ0n) is 12.8. The topological polar surface area (TPSA) is 71.3 Å². The maximum Gasteiger partial charge on any atom is 0.434 e. The Morgan fingerprint density at radius 3 is 2.68 bits per heavy atom. The second-order valence-electron chi connectivity index (χ2n) is 5.50. The molecule has 6 nitrogen and oxygen atoms in total. The Kier molecular flexibility index (Phi) is 4.27. The largest absolute Gasteiger partial charge is 0.434 e. The maximum atomic E-state index is 13.0. The summed E-state index contributed by atoms with van der Waals surface area (Å²) in [4.78, 5) is 22.3. The summed E-state index contributed by atoms with van der Waals surface area (Å²) in [6, 6.07) is 4.75. The van der Waals surface area contributed by atoms with Crippen molar-refractivity contribution in [3.8, 4) is 0 Å². The van der Waals surface area contributed by atoms with Crippen LogP contribution in [0.25, 0.3) is 4.85 Å². The summed E-state index contributed by atoms with van der Waals surface area (Å²) in [5.74, 6) is -0.970. The summed E-state index contributed by atoms with van der Waals surface area (Å²) in [6.45, 7) is 7.05. The molecule has 1 aromatic carbocycles. The Hall–Kier alpha value is -3.15. The lowest BCUT2D eigenvalue weighted by atomic mass is 10.2. The van der Waals surface area contributed by atoms with Crippen LogP contribution in [0.15, 0.2) is 30.7 Å². The smallest absolute Gasteiger partial charge is 0.382 e. The van der Waals surface area contributed by atoms with E-state index in [0.29, 0.717) is 17.1 Å². The van der Waals surface area contributed by atoms with Crippen LogP contribution in [0.4, 0.5) is 30.2 Å². The van der Waals surface area contributed by atoms with Crippen LogP contribution in [0.2, 0.25) is 0 Å². The van der Waals surface area contributed by atoms with E-state index in [1.165, 1.54) is 12.1 Å². The molecular formula is C16H12F3N5O. The predicted molar refractivity (Wildman–Crippen MR) is 84.3 cm³/mol. The number of aromatic nitrogens is 2. The van der Waals surface area contributed by atoms with Gasteiger partial charge in [-0.3, -0.25) is 4.79 Å². The van der Waals surface area contributed by atoms with Gasteiger partial charge in [-0.25, -0.2) is 14.8 Å². The van der Waals surface area contributed by atoms with Gasteiger partial charge in [0, 0.05) is 17.9 Å². The number of benzene rings is 1. The molecular weight excluding hydrogens is 335 g/mol. The van der Waals surface area contributed by atoms with Crippen molar-refractivity contribution in [2.75, 3.05) is 10.6 Å². The summed E-state index contributed by atoms with van der Waals surface area (Å²) in [6.07, 6.45) is -1.28. The van der Waals surface area contributed by atoms with E-state index in [1.807, 2.05) is 0 Å². The average molecular weight is 347 g/mol. The number of halogens is 3. The number of rotatable bonds is 4. The molecule has 128 valence electrons. The zero-order chi connectivity index (χ0) is 18.0. The molecule has 1 aromatic heterocycles. The molecule has 0 aliphatic heterocycles. The number of hydrogen-bond donors (Lipinski definition) is 2. The number of nitrogens with zero attached hydrogens (tertiary/aromatic N) is 3. The molecule has 2 N–H and O–H groups in total. The molecule has 3 rings (SSSR count). The normalized spacial score (nSPS) is 13.8. The molecule has 1 saturated carbocycles. The van der Waals surface area contributed by atoms with Gasteiger partial charge in [0.05, 0.1) is 17.8 Å². The predicted octanol–water partition coefficient (Wildman–Crippen LogP) is 3.87. The van der Waals surface area contributed by atoms with Crippen molar-refractivity contribution < 1.29 is 18.0 Å². The third kappa shape index (κ3) is 3.85. The standard InChI is InChI=1S/C16H12F3N5O/c1-20-10-4-5-12(13(6-10)23-9-2-3-9)24-15(25)11-7-21-8-22-14(11)16(17,18)19/h4-9,23H,2-3H2,(H,24,25). The van der Waals surface area contributed by atoms with E-state index < -0.39 is 23.3 Å². The fourth-order valence-corrected chi connectivity index (χ4v) is 2.19. The molecule has 0 spiro atoms. The third-order valence-corrected chi connectivity index (χ3v) is 3.54. The van der Waals surface area contributed by atoms with Crippen molar-refractivity contribution in [2.24, 2.45) is 0 Å². The van der Waals surface area contributed by atoms with E-state index in [2.05, 4.69) is 25.4 Å². The number of carbonyl (C=O) groups is 1. The highest BCUT2D eigenvalue weighted by Gasteiger charge is 2.37. The van der Waals surface area contributed by atoms with Crippen molar-refractivity contribution in [2.45, 2.75) is 25.1 Å². The van der Waals surface area contributed by atoms with Gasteiger partial charge in [0.15, 0.2) is 11.4 Å². The first-order valence-corrected chi connectivity index (χ1v) is 7.35. The van der Waals surface area contributed by atoms with Crippen LogP contribution in [0.3, 0.4) is 0 Å². The van der Waals surface area contributed by atoms with Crippen LogP contribution in [0.5, 0.6) is 0 Å². The van der Waals surface area contributed by atoms with Gasteiger partial charge in [-0.1, -0.05) is 6.07 Å². The number of nitrogens with one attached hydrogen (secondary N) is 2. The van der Waals surface area contributed by atoms with Gasteiger partial charge in [-0.15, -0.1) is 0 Å². The van der Waals surface area contributed by atoms with Gasteiger partial charge >= 0.3 is 6.18 Å². The lowest BCUT2D eigenvalue weighted by Crippen LogP contribution is -2.21. The van der Waals surface area contributed by atoms with Crippen LogP contribution >= 0.6 is 0 Å². The first kappa shape index (κ1) is 16.7. The highest BCUT2D eigenvalue weighted by atomic mass is 19.4. The number of hydrogen-bond acceptors (Lipinski definition) is 4. The summed E-state index contributed by atoms with van der Waals surface area (Å²) >= 11 is 0. The Bertz CT molecular complexity index is 856. The highest BCUT2D eigenvalue weighted by Crippen LogP contribution is 2.34. The summed E-state index contributed by atoms with van der Waals surface area (Å²) < 4.78 is 39.0. The third-order valence-electron chi connectivity index (χ3n) is 3.54. The zero-order valence-corrected chi connectivity index (χ0v) is 12.8. The van der Waals surface area contributed by atoms with Crippen LogP contribution < -0.4 is 10.6 Å². The van der Waals surface area contributed by atoms with Crippen molar-refractivity contribution in [1.82, 2.24) is 9.97 Å². The van der Waals surface area contributed by atoms with E-state index in [1.54, 1.807) is 6.07 Å². The summed E-state index contributed by atoms with van der Waals surface area (Å²) in [7, 11) is 0. The molecule has 1 fully saturated rings. The fourth-order valence-electron chi connectivity index (χ4n) is 2.19. The Balaban J connectivity index is 1.90. The van der Waals surface area contributed by atoms with Crippen LogP contribution in [-0.4, -0.2) is 21.9 Å².